The van der Waals surface area contributed by atoms with Crippen molar-refractivity contribution in [2.45, 2.75) is 51.6 Å². The first kappa shape index (κ1) is 14.6. The van der Waals surface area contributed by atoms with Gasteiger partial charge < -0.3 is 9.47 Å². The van der Waals surface area contributed by atoms with Gasteiger partial charge in [-0.1, -0.05) is 19.4 Å². The average Bonchev–Trinajstić information content (AvgIpc) is 2.24. The first-order valence-corrected chi connectivity index (χ1v) is 7.73. The lowest BCUT2D eigenvalue weighted by molar-refractivity contribution is -0.0858. The van der Waals surface area contributed by atoms with E-state index in [9.17, 15) is 0 Å². The van der Waals surface area contributed by atoms with Crippen molar-refractivity contribution in [3.63, 3.8) is 0 Å². The summed E-state index contributed by atoms with van der Waals surface area (Å²) < 4.78 is 11.2. The summed E-state index contributed by atoms with van der Waals surface area (Å²) in [7, 11) is -0.689. The van der Waals surface area contributed by atoms with Crippen LogP contribution >= 0.6 is 0 Å². The summed E-state index contributed by atoms with van der Waals surface area (Å²) in [5.74, 6) is -0.0294. The molecular weight excluding hydrogens is 206 g/mol. The van der Waals surface area contributed by atoms with E-state index >= 15 is 0 Å². The number of hydrogen-bond donors (Lipinski definition) is 0. The van der Waals surface area contributed by atoms with Crippen LogP contribution in [-0.4, -0.2) is 27.9 Å². The van der Waals surface area contributed by atoms with Crippen LogP contribution < -0.4 is 0 Å². The van der Waals surface area contributed by atoms with Crippen LogP contribution in [0.2, 0.25) is 12.1 Å². The van der Waals surface area contributed by atoms with Crippen LogP contribution in [0.5, 0.6) is 0 Å². The van der Waals surface area contributed by atoms with Gasteiger partial charge in [-0.15, -0.1) is 0 Å². The van der Waals surface area contributed by atoms with E-state index < -0.39 is 8.80 Å². The van der Waals surface area contributed by atoms with Crippen LogP contribution in [0.1, 0.15) is 33.6 Å². The maximum absolute atomic E-state index is 8.61. The summed E-state index contributed by atoms with van der Waals surface area (Å²) in [6.45, 7) is 7.53. The zero-order chi connectivity index (χ0) is 11.5. The van der Waals surface area contributed by atoms with E-state index in [0.29, 0.717) is 19.6 Å². The van der Waals surface area contributed by atoms with Gasteiger partial charge in [0, 0.05) is 19.6 Å². The fourth-order valence-corrected chi connectivity index (χ4v) is 4.09. The summed E-state index contributed by atoms with van der Waals surface area (Å²) in [4.78, 5) is 0. The fourth-order valence-electron chi connectivity index (χ4n) is 1.48. The van der Waals surface area contributed by atoms with Crippen LogP contribution in [0.25, 0.3) is 0 Å². The topological polar surface area (TPSA) is 42.2 Å². The summed E-state index contributed by atoms with van der Waals surface area (Å²) in [6.07, 6.45) is 1.78. The summed E-state index contributed by atoms with van der Waals surface area (Å²) in [5, 5.41) is 8.61. The molecule has 4 heteroatoms. The number of nitrogens with zero attached hydrogens (tertiary/aromatic N) is 1. The highest BCUT2D eigenvalue weighted by Gasteiger charge is 2.23. The predicted molar refractivity (Wildman–Crippen MR) is 62.9 cm³/mol. The molecule has 0 unspecified atom stereocenters. The predicted octanol–water partition coefficient (Wildman–Crippen LogP) is 2.74. The SMILES string of the molecule is CCC[Si](CCC#N)C(OCC)OCC. The molecule has 0 saturated heterocycles. The van der Waals surface area contributed by atoms with E-state index in [1.54, 1.807) is 0 Å². The summed E-state index contributed by atoms with van der Waals surface area (Å²) in [5.41, 5.74) is 0. The Hall–Kier alpha value is -0.373. The van der Waals surface area contributed by atoms with E-state index in [-0.39, 0.29) is 5.91 Å². The van der Waals surface area contributed by atoms with Crippen LogP contribution in [0, 0.1) is 11.3 Å². The molecule has 0 aromatic heterocycles. The van der Waals surface area contributed by atoms with Gasteiger partial charge >= 0.3 is 0 Å². The Labute approximate surface area is 95.0 Å². The molecule has 15 heavy (non-hydrogen) atoms. The third-order valence-corrected chi connectivity index (χ3v) is 5.13. The molecule has 0 aliphatic rings. The van der Waals surface area contributed by atoms with E-state index in [1.165, 1.54) is 0 Å². The van der Waals surface area contributed by atoms with Crippen molar-refractivity contribution < 1.29 is 9.47 Å². The number of ether oxygens (including phenoxy) is 2. The van der Waals surface area contributed by atoms with Gasteiger partial charge in [-0.25, -0.2) is 0 Å². The molecule has 0 amide bonds. The van der Waals surface area contributed by atoms with Gasteiger partial charge in [0.15, 0.2) is 0 Å². The third-order valence-electron chi connectivity index (χ3n) is 2.10. The Bertz CT molecular complexity index is 176. The molecule has 0 aromatic carbocycles. The average molecular weight is 228 g/mol. The highest BCUT2D eigenvalue weighted by Crippen LogP contribution is 2.14. The monoisotopic (exact) mass is 228 g/mol. The van der Waals surface area contributed by atoms with Gasteiger partial charge in [0.1, 0.15) is 14.7 Å². The molecule has 0 saturated carbocycles. The normalized spacial score (nSPS) is 10.9. The number of nitriles is 1. The Morgan fingerprint density at radius 2 is 1.73 bits per heavy atom. The van der Waals surface area contributed by atoms with Crippen molar-refractivity contribution in [2.24, 2.45) is 0 Å². The molecule has 0 bridgehead atoms. The van der Waals surface area contributed by atoms with Crippen molar-refractivity contribution in [3.05, 3.63) is 0 Å². The van der Waals surface area contributed by atoms with Crippen LogP contribution in [0.4, 0.5) is 0 Å². The summed E-state index contributed by atoms with van der Waals surface area (Å²) in [6, 6.07) is 4.35. The highest BCUT2D eigenvalue weighted by atomic mass is 28.3. The zero-order valence-electron chi connectivity index (χ0n) is 10.1. The second kappa shape index (κ2) is 10.2. The van der Waals surface area contributed by atoms with E-state index in [1.807, 2.05) is 13.8 Å². The second-order valence-electron chi connectivity index (χ2n) is 3.31. The Balaban J connectivity index is 4.16. The van der Waals surface area contributed by atoms with E-state index in [0.717, 1.165) is 18.5 Å². The maximum atomic E-state index is 8.61. The van der Waals surface area contributed by atoms with Crippen LogP contribution in [0.3, 0.4) is 0 Å². The fraction of sp³-hybridized carbons (Fsp3) is 0.909. The molecule has 0 atom stereocenters. The van der Waals surface area contributed by atoms with Gasteiger partial charge in [-0.2, -0.15) is 5.26 Å². The number of hydrogen-bond acceptors (Lipinski definition) is 3. The Morgan fingerprint density at radius 3 is 2.13 bits per heavy atom. The molecule has 0 fully saturated rings. The second-order valence-corrected chi connectivity index (χ2v) is 6.10. The largest absolute Gasteiger partial charge is 0.357 e. The lowest BCUT2D eigenvalue weighted by atomic mass is 10.5. The molecule has 0 rings (SSSR count). The van der Waals surface area contributed by atoms with Crippen LogP contribution in [0.15, 0.2) is 0 Å². The first-order valence-electron chi connectivity index (χ1n) is 5.74. The maximum Gasteiger partial charge on any atom is 0.139 e. The minimum Gasteiger partial charge on any atom is -0.357 e. The molecule has 0 spiro atoms. The van der Waals surface area contributed by atoms with Crippen molar-refractivity contribution in [1.82, 2.24) is 0 Å². The van der Waals surface area contributed by atoms with Gasteiger partial charge in [0.2, 0.25) is 0 Å². The lowest BCUT2D eigenvalue weighted by Gasteiger charge is -2.24. The standard InChI is InChI=1S/C11H22NO2Si/c1-4-9-15(10-7-8-12)11(13-5-2)14-6-3/h11H,4-7,9-10H2,1-3H3. The highest BCUT2D eigenvalue weighted by molar-refractivity contribution is 6.59. The van der Waals surface area contributed by atoms with E-state index in [4.69, 9.17) is 14.7 Å². The molecule has 0 N–H and O–H groups in total. The Kier molecular flexibility index (Phi) is 9.90. The van der Waals surface area contributed by atoms with Crippen molar-refractivity contribution in [3.8, 4) is 6.07 Å². The molecule has 1 radical (unpaired) electrons. The van der Waals surface area contributed by atoms with Gasteiger partial charge in [0.25, 0.3) is 0 Å². The van der Waals surface area contributed by atoms with Crippen molar-refractivity contribution in [2.75, 3.05) is 13.2 Å². The Morgan fingerprint density at radius 1 is 1.13 bits per heavy atom. The molecule has 0 heterocycles. The van der Waals surface area contributed by atoms with Gasteiger partial charge in [0.05, 0.1) is 6.07 Å². The van der Waals surface area contributed by atoms with Crippen molar-refractivity contribution >= 4 is 8.80 Å². The van der Waals surface area contributed by atoms with Gasteiger partial charge in [-0.3, -0.25) is 0 Å². The quantitative estimate of drug-likeness (QED) is 0.450. The molecule has 0 aliphatic carbocycles. The first-order chi connectivity index (χ1) is 7.29. The third kappa shape index (κ3) is 6.66. The minimum absolute atomic E-state index is 0.0294. The van der Waals surface area contributed by atoms with E-state index in [2.05, 4.69) is 13.0 Å². The lowest BCUT2D eigenvalue weighted by Crippen LogP contribution is -2.35. The van der Waals surface area contributed by atoms with Gasteiger partial charge in [-0.05, 0) is 19.9 Å². The van der Waals surface area contributed by atoms with Crippen LogP contribution in [-0.2, 0) is 9.47 Å². The molecular formula is C11H22NO2Si. The molecule has 0 aromatic rings. The van der Waals surface area contributed by atoms with Crippen molar-refractivity contribution in [1.29, 1.82) is 5.26 Å². The zero-order valence-corrected chi connectivity index (χ0v) is 11.1. The minimum atomic E-state index is -0.689. The number of rotatable bonds is 9. The summed E-state index contributed by atoms with van der Waals surface area (Å²) >= 11 is 0. The smallest absolute Gasteiger partial charge is 0.139 e. The molecule has 0 aliphatic heterocycles. The molecule has 3 nitrogen and oxygen atoms in total. The molecule has 87 valence electrons.